The summed E-state index contributed by atoms with van der Waals surface area (Å²) in [4.78, 5) is 13.0. The van der Waals surface area contributed by atoms with Crippen LogP contribution in [-0.4, -0.2) is 44.3 Å². The number of rotatable bonds is 5. The summed E-state index contributed by atoms with van der Waals surface area (Å²) in [5.74, 6) is 0.973. The van der Waals surface area contributed by atoms with E-state index in [0.29, 0.717) is 17.9 Å². The van der Waals surface area contributed by atoms with E-state index in [1.54, 1.807) is 0 Å². The first-order valence-electron chi connectivity index (χ1n) is 10.5. The maximum atomic E-state index is 13.0. The molecule has 1 fully saturated rings. The van der Waals surface area contributed by atoms with E-state index in [0.717, 1.165) is 50.3 Å². The zero-order chi connectivity index (χ0) is 19.6. The van der Waals surface area contributed by atoms with Gasteiger partial charge in [0.05, 0.1) is 6.17 Å². The van der Waals surface area contributed by atoms with Crippen LogP contribution >= 0.6 is 0 Å². The molecule has 0 aromatic heterocycles. The van der Waals surface area contributed by atoms with Gasteiger partial charge >= 0.3 is 0 Å². The van der Waals surface area contributed by atoms with Crippen LogP contribution in [0.5, 0.6) is 0 Å². The fourth-order valence-electron chi connectivity index (χ4n) is 4.58. The molecule has 1 aliphatic carbocycles. The van der Waals surface area contributed by atoms with E-state index in [9.17, 15) is 4.79 Å². The zero-order valence-electron chi connectivity index (χ0n) is 16.9. The summed E-state index contributed by atoms with van der Waals surface area (Å²) in [6.07, 6.45) is 14.7. The summed E-state index contributed by atoms with van der Waals surface area (Å²) in [5.41, 5.74) is 1.93. The van der Waals surface area contributed by atoms with Crippen molar-refractivity contribution in [1.82, 2.24) is 26.6 Å². The van der Waals surface area contributed by atoms with Gasteiger partial charge in [-0.25, -0.2) is 0 Å². The lowest BCUT2D eigenvalue weighted by atomic mass is 9.77. The Morgan fingerprint density at radius 1 is 1.25 bits per heavy atom. The summed E-state index contributed by atoms with van der Waals surface area (Å²) < 4.78 is 0. The highest BCUT2D eigenvalue weighted by molar-refractivity contribution is 5.96. The van der Waals surface area contributed by atoms with Crippen molar-refractivity contribution in [3.05, 3.63) is 47.9 Å². The predicted molar refractivity (Wildman–Crippen MR) is 112 cm³/mol. The predicted octanol–water partition coefficient (Wildman–Crippen LogP) is 1.13. The van der Waals surface area contributed by atoms with Gasteiger partial charge in [-0.15, -0.1) is 0 Å². The van der Waals surface area contributed by atoms with Gasteiger partial charge in [-0.2, -0.15) is 0 Å². The molecule has 4 rings (SSSR count). The zero-order valence-corrected chi connectivity index (χ0v) is 16.9. The van der Waals surface area contributed by atoms with Gasteiger partial charge in [0.1, 0.15) is 0 Å². The summed E-state index contributed by atoms with van der Waals surface area (Å²) >= 11 is 0. The highest BCUT2D eigenvalue weighted by Crippen LogP contribution is 2.38. The average molecular weight is 384 g/mol. The maximum Gasteiger partial charge on any atom is 0.254 e. The van der Waals surface area contributed by atoms with Crippen LogP contribution in [0.2, 0.25) is 0 Å². The van der Waals surface area contributed by atoms with Crippen molar-refractivity contribution in [2.45, 2.75) is 38.9 Å². The molecule has 0 aromatic rings. The Kier molecular flexibility index (Phi) is 5.71. The highest BCUT2D eigenvalue weighted by Gasteiger charge is 2.40. The number of fused-ring (bicyclic) bond motifs is 1. The van der Waals surface area contributed by atoms with Crippen LogP contribution in [-0.2, 0) is 4.79 Å². The van der Waals surface area contributed by atoms with Gasteiger partial charge in [-0.1, -0.05) is 32.1 Å². The van der Waals surface area contributed by atoms with Crippen LogP contribution in [0.4, 0.5) is 0 Å². The molecular weight excluding hydrogens is 350 g/mol. The van der Waals surface area contributed by atoms with Crippen LogP contribution in [0.15, 0.2) is 47.9 Å². The van der Waals surface area contributed by atoms with Crippen molar-refractivity contribution < 1.29 is 4.79 Å². The van der Waals surface area contributed by atoms with E-state index in [1.807, 2.05) is 6.20 Å². The standard InChI is InChI=1S/C22H33N5O/c1-22(2)14-26-19-12-16(5-6-18(19)22)27-21(28)17-4-3-9-24-20(17)25-13-15-7-10-23-11-8-15/h4-7,10,12,15,18-20,23-26H,3,8-9,11,13-14H2,1-2H3,(H,27,28). The summed E-state index contributed by atoms with van der Waals surface area (Å²) in [7, 11) is 0. The Morgan fingerprint density at radius 3 is 2.96 bits per heavy atom. The van der Waals surface area contributed by atoms with E-state index in [4.69, 9.17) is 0 Å². The number of hydrogen-bond acceptors (Lipinski definition) is 5. The molecule has 3 aliphatic heterocycles. The lowest BCUT2D eigenvalue weighted by Crippen LogP contribution is -2.51. The second kappa shape index (κ2) is 8.23. The SMILES string of the molecule is CC1(C)CNC2C=C(NC(=O)C3=CCCNC3NCC3C=CNCC3)C=CC21. The number of allylic oxidation sites excluding steroid dienone is 1. The van der Waals surface area contributed by atoms with E-state index >= 15 is 0 Å². The molecule has 1 amide bonds. The first kappa shape index (κ1) is 19.4. The van der Waals surface area contributed by atoms with E-state index in [2.05, 4.69) is 70.8 Å². The molecule has 6 heteroatoms. The van der Waals surface area contributed by atoms with E-state index < -0.39 is 0 Å². The first-order valence-corrected chi connectivity index (χ1v) is 10.5. The second-order valence-electron chi connectivity index (χ2n) is 8.96. The molecule has 6 nitrogen and oxygen atoms in total. The third-order valence-corrected chi connectivity index (χ3v) is 6.34. The average Bonchev–Trinajstić information content (AvgIpc) is 3.01. The Morgan fingerprint density at radius 2 is 2.14 bits per heavy atom. The molecule has 0 radical (unpaired) electrons. The van der Waals surface area contributed by atoms with Gasteiger partial charge in [0.15, 0.2) is 0 Å². The second-order valence-corrected chi connectivity index (χ2v) is 8.96. The Hall–Kier alpha value is -1.89. The largest absolute Gasteiger partial charge is 0.391 e. The van der Waals surface area contributed by atoms with Gasteiger partial charge in [-0.05, 0) is 42.5 Å². The molecule has 5 N–H and O–H groups in total. The minimum atomic E-state index is -0.0958. The van der Waals surface area contributed by atoms with Crippen LogP contribution < -0.4 is 26.6 Å². The van der Waals surface area contributed by atoms with Crippen LogP contribution in [0.3, 0.4) is 0 Å². The fraction of sp³-hybridized carbons (Fsp3) is 0.591. The maximum absolute atomic E-state index is 13.0. The van der Waals surface area contributed by atoms with Crippen molar-refractivity contribution in [2.24, 2.45) is 17.3 Å². The van der Waals surface area contributed by atoms with E-state index in [1.165, 1.54) is 0 Å². The Bertz CT molecular complexity index is 720. The van der Waals surface area contributed by atoms with Gasteiger partial charge < -0.3 is 16.0 Å². The molecule has 0 bridgehead atoms. The number of amides is 1. The summed E-state index contributed by atoms with van der Waals surface area (Å²) in [5, 5.41) is 16.9. The molecule has 4 aliphatic rings. The number of carbonyl (C=O) groups is 1. The molecule has 3 heterocycles. The Balaban J connectivity index is 1.36. The molecule has 0 spiro atoms. The minimum absolute atomic E-state index is 0.0165. The van der Waals surface area contributed by atoms with Gasteiger partial charge in [0.25, 0.3) is 5.91 Å². The number of hydrogen-bond donors (Lipinski definition) is 5. The molecule has 4 unspecified atom stereocenters. The molecule has 1 saturated heterocycles. The molecule has 152 valence electrons. The quantitative estimate of drug-likeness (QED) is 0.492. The number of carbonyl (C=O) groups excluding carboxylic acids is 1. The molecule has 0 aromatic carbocycles. The van der Waals surface area contributed by atoms with Crippen molar-refractivity contribution in [3.63, 3.8) is 0 Å². The van der Waals surface area contributed by atoms with Gasteiger partial charge in [0, 0.05) is 49.4 Å². The van der Waals surface area contributed by atoms with Crippen LogP contribution in [0, 0.1) is 17.3 Å². The smallest absolute Gasteiger partial charge is 0.254 e. The number of nitrogens with one attached hydrogen (secondary N) is 5. The van der Waals surface area contributed by atoms with Crippen LogP contribution in [0.1, 0.15) is 26.7 Å². The topological polar surface area (TPSA) is 77.2 Å². The van der Waals surface area contributed by atoms with E-state index in [-0.39, 0.29) is 17.5 Å². The van der Waals surface area contributed by atoms with Crippen LogP contribution in [0.25, 0.3) is 0 Å². The van der Waals surface area contributed by atoms with Gasteiger partial charge in [0.2, 0.25) is 0 Å². The molecule has 4 atom stereocenters. The normalized spacial score (nSPS) is 33.5. The summed E-state index contributed by atoms with van der Waals surface area (Å²) in [6, 6.07) is 0.300. The highest BCUT2D eigenvalue weighted by atomic mass is 16.1. The Labute approximate surface area is 168 Å². The van der Waals surface area contributed by atoms with Gasteiger partial charge in [-0.3, -0.25) is 15.4 Å². The lowest BCUT2D eigenvalue weighted by Gasteiger charge is -2.30. The summed E-state index contributed by atoms with van der Waals surface area (Å²) in [6.45, 7) is 8.35. The third kappa shape index (κ3) is 4.24. The molecule has 0 saturated carbocycles. The van der Waals surface area contributed by atoms with Crippen molar-refractivity contribution in [3.8, 4) is 0 Å². The lowest BCUT2D eigenvalue weighted by molar-refractivity contribution is -0.117. The van der Waals surface area contributed by atoms with Crippen molar-refractivity contribution in [2.75, 3.05) is 26.2 Å². The minimum Gasteiger partial charge on any atom is -0.391 e. The molecular formula is C22H33N5O. The third-order valence-electron chi connectivity index (χ3n) is 6.34. The fourth-order valence-corrected chi connectivity index (χ4v) is 4.58. The van der Waals surface area contributed by atoms with Crippen molar-refractivity contribution in [1.29, 1.82) is 0 Å². The van der Waals surface area contributed by atoms with Crippen molar-refractivity contribution >= 4 is 5.91 Å². The first-order chi connectivity index (χ1) is 13.5. The monoisotopic (exact) mass is 383 g/mol. The molecule has 28 heavy (non-hydrogen) atoms.